The molecule has 110 valence electrons. The molecule has 6 heteroatoms. The lowest BCUT2D eigenvalue weighted by molar-refractivity contribution is -0.142. The molecule has 3 N–H and O–H groups in total. The van der Waals surface area contributed by atoms with Gasteiger partial charge in [-0.1, -0.05) is 27.7 Å². The number of carbonyl (C=O) groups is 3. The van der Waals surface area contributed by atoms with Crippen molar-refractivity contribution in [3.05, 3.63) is 0 Å². The van der Waals surface area contributed by atoms with Crippen LogP contribution in [-0.2, 0) is 14.4 Å². The molecule has 0 aliphatic rings. The second-order valence-corrected chi connectivity index (χ2v) is 5.14. The van der Waals surface area contributed by atoms with Gasteiger partial charge in [-0.25, -0.2) is 4.79 Å². The molecule has 0 saturated heterocycles. The number of nitrogens with one attached hydrogen (secondary N) is 2. The zero-order valence-corrected chi connectivity index (χ0v) is 12.0. The van der Waals surface area contributed by atoms with Crippen molar-refractivity contribution in [1.82, 2.24) is 10.6 Å². The van der Waals surface area contributed by atoms with Gasteiger partial charge < -0.3 is 15.7 Å². The number of aliphatic carboxylic acids is 1. The zero-order valence-electron chi connectivity index (χ0n) is 12.0. The Morgan fingerprint density at radius 2 is 1.53 bits per heavy atom. The van der Waals surface area contributed by atoms with Gasteiger partial charge in [0.05, 0.1) is 0 Å². The largest absolute Gasteiger partial charge is 0.480 e. The quantitative estimate of drug-likeness (QED) is 0.569. The van der Waals surface area contributed by atoms with Crippen LogP contribution in [0.2, 0.25) is 0 Å². The Morgan fingerprint density at radius 3 is 1.95 bits per heavy atom. The summed E-state index contributed by atoms with van der Waals surface area (Å²) < 4.78 is 0. The van der Waals surface area contributed by atoms with Crippen LogP contribution in [0.15, 0.2) is 0 Å². The lowest BCUT2D eigenvalue weighted by Crippen LogP contribution is -2.43. The van der Waals surface area contributed by atoms with Gasteiger partial charge in [-0.05, 0) is 12.8 Å². The van der Waals surface area contributed by atoms with E-state index in [4.69, 9.17) is 5.11 Å². The van der Waals surface area contributed by atoms with Gasteiger partial charge in [-0.3, -0.25) is 9.59 Å². The lowest BCUT2D eigenvalue weighted by Gasteiger charge is -2.16. The van der Waals surface area contributed by atoms with E-state index in [1.54, 1.807) is 27.7 Å². The molecule has 0 saturated carbocycles. The van der Waals surface area contributed by atoms with E-state index in [9.17, 15) is 14.4 Å². The molecular weight excluding hydrogens is 248 g/mol. The standard InChI is InChI=1S/C13H24N2O4/c1-8(2)11(16)14-7-5-6-10(13(18)19)15-12(17)9(3)4/h8-10H,5-7H2,1-4H3,(H,14,16)(H,15,17)(H,18,19)/t10-/m0/s1. The summed E-state index contributed by atoms with van der Waals surface area (Å²) in [6, 6.07) is -0.897. The first-order valence-electron chi connectivity index (χ1n) is 6.56. The average Bonchev–Trinajstić information content (AvgIpc) is 2.31. The molecule has 0 aliphatic carbocycles. The van der Waals surface area contributed by atoms with Crippen molar-refractivity contribution in [1.29, 1.82) is 0 Å². The van der Waals surface area contributed by atoms with Crippen molar-refractivity contribution >= 4 is 17.8 Å². The topological polar surface area (TPSA) is 95.5 Å². The van der Waals surface area contributed by atoms with Crippen molar-refractivity contribution in [3.63, 3.8) is 0 Å². The van der Waals surface area contributed by atoms with Gasteiger partial charge in [0.1, 0.15) is 6.04 Å². The minimum Gasteiger partial charge on any atom is -0.480 e. The van der Waals surface area contributed by atoms with E-state index in [1.165, 1.54) is 0 Å². The molecule has 0 fully saturated rings. The number of carboxylic acids is 1. The summed E-state index contributed by atoms with van der Waals surface area (Å²) in [6.07, 6.45) is 0.806. The fraction of sp³-hybridized carbons (Fsp3) is 0.769. The summed E-state index contributed by atoms with van der Waals surface area (Å²) in [5.41, 5.74) is 0. The van der Waals surface area contributed by atoms with Crippen LogP contribution in [0.5, 0.6) is 0 Å². The number of carboxylic acid groups (broad SMARTS) is 1. The normalized spacial score (nSPS) is 12.3. The summed E-state index contributed by atoms with van der Waals surface area (Å²) in [5, 5.41) is 14.2. The predicted octanol–water partition coefficient (Wildman–Crippen LogP) is 0.764. The summed E-state index contributed by atoms with van der Waals surface area (Å²) in [5.74, 6) is -1.72. The minimum absolute atomic E-state index is 0.0573. The molecule has 0 bridgehead atoms. The van der Waals surface area contributed by atoms with Crippen molar-refractivity contribution in [2.45, 2.75) is 46.6 Å². The second kappa shape index (κ2) is 8.50. The van der Waals surface area contributed by atoms with E-state index < -0.39 is 12.0 Å². The first kappa shape index (κ1) is 17.4. The first-order valence-corrected chi connectivity index (χ1v) is 6.56. The maximum atomic E-state index is 11.4. The van der Waals surface area contributed by atoms with Crippen LogP contribution in [0.1, 0.15) is 40.5 Å². The van der Waals surface area contributed by atoms with Crippen LogP contribution in [0.4, 0.5) is 0 Å². The first-order chi connectivity index (χ1) is 8.75. The Hall–Kier alpha value is -1.59. The fourth-order valence-electron chi connectivity index (χ4n) is 1.32. The van der Waals surface area contributed by atoms with Gasteiger partial charge in [0.15, 0.2) is 0 Å². The summed E-state index contributed by atoms with van der Waals surface area (Å²) >= 11 is 0. The Balaban J connectivity index is 4.06. The zero-order chi connectivity index (χ0) is 15.0. The Bertz CT molecular complexity index is 327. The molecule has 0 aromatic heterocycles. The smallest absolute Gasteiger partial charge is 0.326 e. The molecule has 0 unspecified atom stereocenters. The monoisotopic (exact) mass is 272 g/mol. The molecule has 2 amide bonds. The molecule has 19 heavy (non-hydrogen) atoms. The van der Waals surface area contributed by atoms with Gasteiger partial charge in [0.2, 0.25) is 11.8 Å². The van der Waals surface area contributed by atoms with Gasteiger partial charge >= 0.3 is 5.97 Å². The van der Waals surface area contributed by atoms with Crippen LogP contribution < -0.4 is 10.6 Å². The van der Waals surface area contributed by atoms with Crippen molar-refractivity contribution in [2.24, 2.45) is 11.8 Å². The van der Waals surface area contributed by atoms with Gasteiger partial charge in [-0.15, -0.1) is 0 Å². The Labute approximate surface area is 113 Å². The third kappa shape index (κ3) is 7.43. The van der Waals surface area contributed by atoms with Crippen LogP contribution in [0.3, 0.4) is 0 Å². The highest BCUT2D eigenvalue weighted by Crippen LogP contribution is 2.01. The number of amides is 2. The highest BCUT2D eigenvalue weighted by Gasteiger charge is 2.20. The molecule has 1 atom stereocenters. The number of rotatable bonds is 8. The third-order valence-electron chi connectivity index (χ3n) is 2.63. The van der Waals surface area contributed by atoms with E-state index in [0.29, 0.717) is 19.4 Å². The molecule has 0 aromatic carbocycles. The summed E-state index contributed by atoms with van der Waals surface area (Å²) in [4.78, 5) is 33.7. The SMILES string of the molecule is CC(C)C(=O)NCCC[C@H](NC(=O)C(C)C)C(=O)O. The number of hydrogen-bond donors (Lipinski definition) is 3. The second-order valence-electron chi connectivity index (χ2n) is 5.14. The Kier molecular flexibility index (Phi) is 7.79. The van der Waals surface area contributed by atoms with Crippen LogP contribution in [-0.4, -0.2) is 35.5 Å². The van der Waals surface area contributed by atoms with E-state index >= 15 is 0 Å². The van der Waals surface area contributed by atoms with E-state index in [2.05, 4.69) is 10.6 Å². The van der Waals surface area contributed by atoms with Crippen LogP contribution in [0, 0.1) is 11.8 Å². The van der Waals surface area contributed by atoms with Gasteiger partial charge in [0, 0.05) is 18.4 Å². The fourth-order valence-corrected chi connectivity index (χ4v) is 1.32. The molecule has 0 aliphatic heterocycles. The predicted molar refractivity (Wildman–Crippen MR) is 71.5 cm³/mol. The number of hydrogen-bond acceptors (Lipinski definition) is 3. The Morgan fingerprint density at radius 1 is 1.00 bits per heavy atom. The van der Waals surface area contributed by atoms with Crippen LogP contribution >= 0.6 is 0 Å². The van der Waals surface area contributed by atoms with Gasteiger partial charge in [-0.2, -0.15) is 0 Å². The summed E-state index contributed by atoms with van der Waals surface area (Å²) in [7, 11) is 0. The van der Waals surface area contributed by atoms with Gasteiger partial charge in [0.25, 0.3) is 0 Å². The van der Waals surface area contributed by atoms with Crippen molar-refractivity contribution in [3.8, 4) is 0 Å². The summed E-state index contributed by atoms with van der Waals surface area (Å²) in [6.45, 7) is 7.41. The van der Waals surface area contributed by atoms with E-state index in [0.717, 1.165) is 0 Å². The average molecular weight is 272 g/mol. The highest BCUT2D eigenvalue weighted by atomic mass is 16.4. The molecule has 6 nitrogen and oxygen atoms in total. The van der Waals surface area contributed by atoms with Crippen molar-refractivity contribution < 1.29 is 19.5 Å². The van der Waals surface area contributed by atoms with E-state index in [1.807, 2.05) is 0 Å². The molecule has 0 rings (SSSR count). The molecular formula is C13H24N2O4. The maximum absolute atomic E-state index is 11.4. The van der Waals surface area contributed by atoms with E-state index in [-0.39, 0.29) is 23.7 Å². The molecule has 0 heterocycles. The van der Waals surface area contributed by atoms with Crippen molar-refractivity contribution in [2.75, 3.05) is 6.54 Å². The maximum Gasteiger partial charge on any atom is 0.326 e. The highest BCUT2D eigenvalue weighted by molar-refractivity contribution is 5.84. The van der Waals surface area contributed by atoms with Crippen LogP contribution in [0.25, 0.3) is 0 Å². The molecule has 0 radical (unpaired) electrons. The molecule has 0 aromatic rings. The lowest BCUT2D eigenvalue weighted by atomic mass is 10.1. The number of carbonyl (C=O) groups excluding carboxylic acids is 2. The molecule has 0 spiro atoms. The minimum atomic E-state index is -1.05. The third-order valence-corrected chi connectivity index (χ3v) is 2.63.